The predicted molar refractivity (Wildman–Crippen MR) is 232 cm³/mol. The van der Waals surface area contributed by atoms with Crippen molar-refractivity contribution in [2.75, 3.05) is 29.1 Å². The number of nitrogens with zero attached hydrogens (tertiary/aromatic N) is 8. The van der Waals surface area contributed by atoms with Gasteiger partial charge in [0.15, 0.2) is 22.2 Å². The fourth-order valence-electron chi connectivity index (χ4n) is 4.72. The summed E-state index contributed by atoms with van der Waals surface area (Å²) in [4.78, 5) is 19.3. The second kappa shape index (κ2) is 35.2. The van der Waals surface area contributed by atoms with Crippen molar-refractivity contribution in [3.63, 3.8) is 0 Å². The maximum Gasteiger partial charge on any atom is 1.00 e. The zero-order valence-corrected chi connectivity index (χ0v) is 57.0. The molecule has 5 aromatic rings. The second-order valence-corrected chi connectivity index (χ2v) is 21.5. The number of nitrogens with two attached hydrogens (primary N) is 2. The number of halogens is 3. The SMILES string of the molecule is Nc1c(N=Nc2ccc(S(=O)(=O)CCOSOO[O-])cc2S(=O)(=O)[O-])cc(S(=O)(=O)[O-])c(N)c1N=Nc1cc(Nc2nc(F)nc(-[n+]3cccc(C(=O)[O-])c3)n2)ccc1SOO[O-].[B][IH]I.[Na+].[Na+].[Na+].[Na+].[U]. The molecule has 0 spiro atoms. The van der Waals surface area contributed by atoms with Crippen molar-refractivity contribution in [2.45, 2.75) is 19.6 Å². The molecular formula is C29H21BFI2N11Na4O17S5U. The molecule has 0 saturated carbocycles. The molecule has 0 aliphatic rings. The minimum absolute atomic E-state index is 0. The second-order valence-electron chi connectivity index (χ2n) is 11.5. The number of aromatic carboxylic acids is 1. The van der Waals surface area contributed by atoms with Gasteiger partial charge in [-0.1, -0.05) is 0 Å². The molecule has 42 heteroatoms. The van der Waals surface area contributed by atoms with E-state index >= 15 is 0 Å². The minimum atomic E-state index is -5.51. The first-order valence-corrected chi connectivity index (χ1v) is 30.4. The Balaban J connectivity index is 0. The maximum absolute atomic E-state index is 14.5. The normalized spacial score (nSPS) is 11.2. The van der Waals surface area contributed by atoms with E-state index in [0.717, 1.165) is 29.0 Å². The molecule has 28 nitrogen and oxygen atoms in total. The number of nitrogen functional groups attached to an aromatic ring is 2. The molecule has 2 heterocycles. The maximum atomic E-state index is 14.5. The Hall–Kier alpha value is 0.587. The van der Waals surface area contributed by atoms with E-state index in [-0.39, 0.29) is 219 Å². The molecule has 3 aromatic carbocycles. The fraction of sp³-hybridized carbons (Fsp3) is 0.0690. The number of pyridine rings is 1. The summed E-state index contributed by atoms with van der Waals surface area (Å²) in [5, 5.41) is 55.9. The van der Waals surface area contributed by atoms with Crippen LogP contribution in [0, 0.1) is 37.2 Å². The standard InChI is InChI=1S/C29H24FN11O17S5.BHI2.4Na.U/c30-27-34-28(36-29(35-27)41-7-1-2-14(13-41)26(42)43)33-15-3-6-20(59-57-55-44)18(10-15)38-40-25-23(31)19(12-22(24(25)32)63(51,52)53)39-37-17-5-4-16(11-21(17)62(48,49)50)61(46,47)9-8-54-60-58-56-45;1-3-2;;;;;/h1-7,10-13H,8-9,31-32H2,(H5-,33,34,35,36,42,43,44,45,48,49,50,51,52,53);3H;;;;;/q;;4*+1;/p-4. The molecule has 0 bridgehead atoms. The molecule has 5 N–H and O–H groups in total. The molecule has 0 unspecified atom stereocenters. The van der Waals surface area contributed by atoms with Gasteiger partial charge in [-0.15, -0.1) is 34.2 Å². The summed E-state index contributed by atoms with van der Waals surface area (Å²) < 4.78 is 127. The Kier molecular flexibility index (Phi) is 36.5. The van der Waals surface area contributed by atoms with Gasteiger partial charge in [-0.05, 0) is 64.6 Å². The zero-order valence-electron chi connectivity index (χ0n) is 36.2. The van der Waals surface area contributed by atoms with Crippen LogP contribution in [0.1, 0.15) is 10.4 Å². The smallest absolute Gasteiger partial charge is 0 e. The van der Waals surface area contributed by atoms with Crippen molar-refractivity contribution in [3.8, 4) is 5.95 Å². The number of carbonyl (C=O) groups is 1. The van der Waals surface area contributed by atoms with Crippen LogP contribution in [0.5, 0.6) is 0 Å². The minimum Gasteiger partial charge on any atom is 0 e. The van der Waals surface area contributed by atoms with Crippen molar-refractivity contribution >= 4 is 148 Å². The van der Waals surface area contributed by atoms with E-state index in [1.165, 1.54) is 30.5 Å². The number of benzene rings is 3. The van der Waals surface area contributed by atoms with Gasteiger partial charge in [0.05, 0.1) is 73.7 Å². The number of nitrogens with one attached hydrogen (secondary N) is 1. The molecule has 0 fully saturated rings. The van der Waals surface area contributed by atoms with Crippen molar-refractivity contribution in [1.82, 2.24) is 15.0 Å². The van der Waals surface area contributed by atoms with Crippen molar-refractivity contribution < 1.29 is 236 Å². The average Bonchev–Trinajstić information content (AvgIpc) is 3.25. The summed E-state index contributed by atoms with van der Waals surface area (Å²) in [5.41, 5.74) is 12.8. The summed E-state index contributed by atoms with van der Waals surface area (Å²) in [6.07, 6.45) is 1.05. The molecule has 0 atom stereocenters. The first-order chi connectivity index (χ1) is 31.1. The third-order valence-corrected chi connectivity index (χ3v) is 11.9. The third kappa shape index (κ3) is 22.8. The Morgan fingerprint density at radius 1 is 0.845 bits per heavy atom. The van der Waals surface area contributed by atoms with Crippen LogP contribution in [-0.2, 0) is 53.0 Å². The van der Waals surface area contributed by atoms with Crippen LogP contribution in [0.4, 0.5) is 50.2 Å². The molecular weight excluding hydrogens is 1550 g/mol. The van der Waals surface area contributed by atoms with Crippen LogP contribution in [0.25, 0.3) is 5.95 Å². The number of hydrogen-bond donors (Lipinski definition) is 3. The Morgan fingerprint density at radius 2 is 1.46 bits per heavy atom. The van der Waals surface area contributed by atoms with Gasteiger partial charge < -0.3 is 46.3 Å². The van der Waals surface area contributed by atoms with Gasteiger partial charge in [-0.25, -0.2) is 29.8 Å². The molecule has 2 radical (unpaired) electrons. The molecule has 0 aliphatic heterocycles. The first kappa shape index (κ1) is 73.7. The van der Waals surface area contributed by atoms with E-state index in [0.29, 0.717) is 12.1 Å². The molecule has 0 amide bonds. The van der Waals surface area contributed by atoms with Gasteiger partial charge in [-0.2, -0.15) is 4.33 Å². The number of carboxylic acid groups (broad SMARTS) is 1. The van der Waals surface area contributed by atoms with Gasteiger partial charge in [0, 0.05) is 42.4 Å². The number of carboxylic acids is 1. The number of anilines is 4. The largest absolute Gasteiger partial charge is 1.00 e. The average molecular weight is 1570 g/mol. The predicted octanol–water partition coefficient (Wildman–Crippen LogP) is -10.9. The van der Waals surface area contributed by atoms with Crippen molar-refractivity contribution in [2.24, 2.45) is 20.5 Å². The zero-order chi connectivity index (χ0) is 48.8. The number of aromatic nitrogens is 4. The quantitative estimate of drug-likeness (QED) is 0.00622. The molecule has 356 valence electrons. The topological polar surface area (TPSA) is 437 Å². The van der Waals surface area contributed by atoms with Gasteiger partial charge in [0.25, 0.3) is 0 Å². The van der Waals surface area contributed by atoms with Crippen molar-refractivity contribution in [1.29, 1.82) is 0 Å². The van der Waals surface area contributed by atoms with Crippen molar-refractivity contribution in [3.05, 3.63) is 78.6 Å². The number of rotatable bonds is 20. The van der Waals surface area contributed by atoms with Gasteiger partial charge in [0.2, 0.25) is 0 Å². The monoisotopic (exact) mass is 1570 g/mol. The Bertz CT molecular complexity index is 3020. The van der Waals surface area contributed by atoms with Crippen LogP contribution in [0.15, 0.2) is 107 Å². The number of hydrogen-bond acceptors (Lipinski definition) is 29. The molecule has 0 saturated heterocycles. The van der Waals surface area contributed by atoms with Crippen LogP contribution < -0.4 is 155 Å². The van der Waals surface area contributed by atoms with E-state index in [1.54, 1.807) is 0 Å². The van der Waals surface area contributed by atoms with Gasteiger partial charge >= 0.3 is 178 Å². The van der Waals surface area contributed by atoms with Crippen LogP contribution in [-0.4, -0.2) is 73.3 Å². The van der Waals surface area contributed by atoms with Gasteiger partial charge in [-0.3, -0.25) is 14.3 Å². The summed E-state index contributed by atoms with van der Waals surface area (Å²) in [6.45, 7) is -0.599. The molecule has 5 rings (SSSR count). The van der Waals surface area contributed by atoms with E-state index in [9.17, 15) is 59.2 Å². The molecule has 2 aromatic heterocycles. The fourth-order valence-corrected chi connectivity index (χ4v) is 7.90. The van der Waals surface area contributed by atoms with E-state index < -0.39 is 104 Å². The Morgan fingerprint density at radius 3 is 2.07 bits per heavy atom. The Labute approximate surface area is 543 Å². The summed E-state index contributed by atoms with van der Waals surface area (Å²) in [7, 11) is -15.3. The van der Waals surface area contributed by atoms with E-state index in [2.05, 4.69) is 82.3 Å². The van der Waals surface area contributed by atoms with Crippen LogP contribution >= 0.6 is 60.0 Å². The van der Waals surface area contributed by atoms with Gasteiger partial charge in [0.1, 0.15) is 43.0 Å². The first-order valence-electron chi connectivity index (χ1n) is 16.4. The number of azo groups is 2. The van der Waals surface area contributed by atoms with E-state index in [1.807, 2.05) is 0 Å². The summed E-state index contributed by atoms with van der Waals surface area (Å²) in [5.74, 6) is -3.15. The van der Waals surface area contributed by atoms with Crippen LogP contribution in [0.2, 0.25) is 0 Å². The van der Waals surface area contributed by atoms with E-state index in [4.69, 9.17) is 17.2 Å². The number of carbonyl (C=O) groups excluding carboxylic acids is 1. The summed E-state index contributed by atoms with van der Waals surface area (Å²) >= 11 is 2.42. The third-order valence-electron chi connectivity index (χ3n) is 7.44. The summed E-state index contributed by atoms with van der Waals surface area (Å²) in [6, 6.07) is 8.77. The molecule has 71 heavy (non-hydrogen) atoms. The number of sulfone groups is 1. The molecule has 0 aliphatic carbocycles. The van der Waals surface area contributed by atoms with Crippen LogP contribution in [0.3, 0.4) is 0 Å².